The molecule has 0 aliphatic heterocycles. The molecule has 0 aliphatic rings. The molecular formula is C21H16BrClO. The Morgan fingerprint density at radius 3 is 1.96 bits per heavy atom. The Hall–Kier alpha value is -2.16. The van der Waals surface area contributed by atoms with Gasteiger partial charge < -0.3 is 0 Å². The number of benzene rings is 3. The first kappa shape index (κ1) is 18.2. The lowest BCUT2D eigenvalue weighted by atomic mass is 10.0. The van der Waals surface area contributed by atoms with Gasteiger partial charge in [-0.05, 0) is 47.0 Å². The molecule has 0 heterocycles. The van der Waals surface area contributed by atoms with E-state index in [1.54, 1.807) is 30.3 Å². The van der Waals surface area contributed by atoms with Gasteiger partial charge in [-0.25, -0.2) is 0 Å². The summed E-state index contributed by atoms with van der Waals surface area (Å²) in [5, 5.41) is 0.627. The zero-order valence-electron chi connectivity index (χ0n) is 12.9. The quantitative estimate of drug-likeness (QED) is 0.362. The smallest absolute Gasteiger partial charge is 0.185 e. The Balaban J connectivity index is 0.00000208. The van der Waals surface area contributed by atoms with E-state index < -0.39 is 0 Å². The van der Waals surface area contributed by atoms with Crippen LogP contribution in [0.2, 0.25) is 5.02 Å². The fourth-order valence-corrected chi connectivity index (χ4v) is 2.43. The second-order valence-electron chi connectivity index (χ2n) is 5.19. The molecule has 0 fully saturated rings. The SMILES string of the molecule is Br.O=C(/C=C/c1ccc(-c2ccccc2)cc1)c1ccc(Cl)cc1. The molecule has 0 saturated carbocycles. The third-order valence-corrected chi connectivity index (χ3v) is 3.83. The molecule has 120 valence electrons. The number of halogens is 2. The predicted octanol–water partition coefficient (Wildman–Crippen LogP) is 6.48. The highest BCUT2D eigenvalue weighted by molar-refractivity contribution is 8.93. The van der Waals surface area contributed by atoms with Gasteiger partial charge in [0.1, 0.15) is 0 Å². The van der Waals surface area contributed by atoms with E-state index in [9.17, 15) is 4.79 Å². The third-order valence-electron chi connectivity index (χ3n) is 3.57. The molecule has 0 amide bonds. The van der Waals surface area contributed by atoms with Gasteiger partial charge in [-0.3, -0.25) is 4.79 Å². The molecule has 0 atom stereocenters. The molecule has 3 aromatic carbocycles. The van der Waals surface area contributed by atoms with Gasteiger partial charge in [0.15, 0.2) is 5.78 Å². The molecule has 0 N–H and O–H groups in total. The lowest BCUT2D eigenvalue weighted by Gasteiger charge is -2.02. The summed E-state index contributed by atoms with van der Waals surface area (Å²) < 4.78 is 0. The van der Waals surface area contributed by atoms with Crippen LogP contribution >= 0.6 is 28.6 Å². The molecule has 0 aliphatic carbocycles. The molecule has 0 aromatic heterocycles. The van der Waals surface area contributed by atoms with Crippen molar-refractivity contribution in [1.82, 2.24) is 0 Å². The van der Waals surface area contributed by atoms with Crippen molar-refractivity contribution in [2.75, 3.05) is 0 Å². The van der Waals surface area contributed by atoms with E-state index in [2.05, 4.69) is 24.3 Å². The van der Waals surface area contributed by atoms with Gasteiger partial charge in [0.2, 0.25) is 0 Å². The second-order valence-corrected chi connectivity index (χ2v) is 5.63. The first-order chi connectivity index (χ1) is 11.2. The summed E-state index contributed by atoms with van der Waals surface area (Å²) in [5.74, 6) is -0.0335. The molecular weight excluding hydrogens is 384 g/mol. The summed E-state index contributed by atoms with van der Waals surface area (Å²) in [7, 11) is 0. The Labute approximate surface area is 157 Å². The van der Waals surface area contributed by atoms with Crippen LogP contribution in [0.4, 0.5) is 0 Å². The lowest BCUT2D eigenvalue weighted by molar-refractivity contribution is 0.104. The number of hydrogen-bond acceptors (Lipinski definition) is 1. The van der Waals surface area contributed by atoms with Crippen molar-refractivity contribution < 1.29 is 4.79 Å². The van der Waals surface area contributed by atoms with Crippen molar-refractivity contribution in [2.45, 2.75) is 0 Å². The third kappa shape index (κ3) is 4.67. The number of hydrogen-bond donors (Lipinski definition) is 0. The van der Waals surface area contributed by atoms with Crippen molar-refractivity contribution in [1.29, 1.82) is 0 Å². The van der Waals surface area contributed by atoms with Gasteiger partial charge >= 0.3 is 0 Å². The summed E-state index contributed by atoms with van der Waals surface area (Å²) in [6.45, 7) is 0. The second kappa shape index (κ2) is 8.62. The van der Waals surface area contributed by atoms with Gasteiger partial charge in [-0.2, -0.15) is 0 Å². The number of rotatable bonds is 4. The number of allylic oxidation sites excluding steroid dienone is 1. The van der Waals surface area contributed by atoms with E-state index in [1.165, 1.54) is 5.56 Å². The highest BCUT2D eigenvalue weighted by atomic mass is 79.9. The van der Waals surface area contributed by atoms with Gasteiger partial charge in [0, 0.05) is 10.6 Å². The Morgan fingerprint density at radius 1 is 0.750 bits per heavy atom. The van der Waals surface area contributed by atoms with E-state index in [0.717, 1.165) is 11.1 Å². The molecule has 0 unspecified atom stereocenters. The van der Waals surface area contributed by atoms with Gasteiger partial charge in [-0.1, -0.05) is 72.3 Å². The number of carbonyl (C=O) groups is 1. The van der Waals surface area contributed by atoms with Crippen LogP contribution in [0.3, 0.4) is 0 Å². The van der Waals surface area contributed by atoms with E-state index in [-0.39, 0.29) is 22.8 Å². The molecule has 0 bridgehead atoms. The molecule has 1 nitrogen and oxygen atoms in total. The number of carbonyl (C=O) groups excluding carboxylic acids is 1. The van der Waals surface area contributed by atoms with Crippen molar-refractivity contribution in [3.8, 4) is 11.1 Å². The maximum absolute atomic E-state index is 12.1. The van der Waals surface area contributed by atoms with Crippen molar-refractivity contribution in [3.63, 3.8) is 0 Å². The maximum atomic E-state index is 12.1. The highest BCUT2D eigenvalue weighted by Gasteiger charge is 2.01. The zero-order chi connectivity index (χ0) is 16.1. The predicted molar refractivity (Wildman–Crippen MR) is 107 cm³/mol. The van der Waals surface area contributed by atoms with E-state index in [1.807, 2.05) is 36.4 Å². The summed E-state index contributed by atoms with van der Waals surface area (Å²) >= 11 is 5.83. The van der Waals surface area contributed by atoms with Crippen LogP contribution in [0.5, 0.6) is 0 Å². The Bertz CT molecular complexity index is 822. The van der Waals surface area contributed by atoms with Crippen LogP contribution in [0.1, 0.15) is 15.9 Å². The maximum Gasteiger partial charge on any atom is 0.185 e. The largest absolute Gasteiger partial charge is 0.289 e. The van der Waals surface area contributed by atoms with Crippen LogP contribution in [0.15, 0.2) is 84.9 Å². The van der Waals surface area contributed by atoms with Crippen LogP contribution in [-0.4, -0.2) is 5.78 Å². The van der Waals surface area contributed by atoms with Gasteiger partial charge in [0.05, 0.1) is 0 Å². The first-order valence-corrected chi connectivity index (χ1v) is 7.74. The van der Waals surface area contributed by atoms with Gasteiger partial charge in [0.25, 0.3) is 0 Å². The van der Waals surface area contributed by atoms with E-state index in [4.69, 9.17) is 11.6 Å². The van der Waals surface area contributed by atoms with Crippen LogP contribution in [0.25, 0.3) is 17.2 Å². The Kier molecular flexibility index (Phi) is 6.53. The molecule has 3 aromatic rings. The van der Waals surface area contributed by atoms with Crippen molar-refractivity contribution in [3.05, 3.63) is 101 Å². The lowest BCUT2D eigenvalue weighted by Crippen LogP contribution is -1.93. The minimum atomic E-state index is -0.0335. The monoisotopic (exact) mass is 398 g/mol. The van der Waals surface area contributed by atoms with Crippen molar-refractivity contribution >= 4 is 40.4 Å². The topological polar surface area (TPSA) is 17.1 Å². The number of ketones is 1. The summed E-state index contributed by atoms with van der Waals surface area (Å²) in [6, 6.07) is 25.2. The molecule has 3 rings (SSSR count). The van der Waals surface area contributed by atoms with Crippen LogP contribution in [-0.2, 0) is 0 Å². The van der Waals surface area contributed by atoms with Gasteiger partial charge in [-0.15, -0.1) is 17.0 Å². The molecule has 24 heavy (non-hydrogen) atoms. The van der Waals surface area contributed by atoms with Crippen LogP contribution in [0, 0.1) is 0 Å². The average molecular weight is 400 g/mol. The molecule has 3 heteroatoms. The minimum absolute atomic E-state index is 0. The molecule has 0 saturated heterocycles. The van der Waals surface area contributed by atoms with E-state index >= 15 is 0 Å². The molecule has 0 radical (unpaired) electrons. The summed E-state index contributed by atoms with van der Waals surface area (Å²) in [6.07, 6.45) is 3.41. The van der Waals surface area contributed by atoms with E-state index in [0.29, 0.717) is 10.6 Å². The highest BCUT2D eigenvalue weighted by Crippen LogP contribution is 2.19. The standard InChI is InChI=1S/C21H15ClO.BrH/c22-20-13-11-19(12-14-20)21(23)15-8-16-6-9-18(10-7-16)17-4-2-1-3-5-17;/h1-15H;1H/b15-8+;. The first-order valence-electron chi connectivity index (χ1n) is 7.36. The average Bonchev–Trinajstić information content (AvgIpc) is 2.61. The summed E-state index contributed by atoms with van der Waals surface area (Å²) in [4.78, 5) is 12.1. The van der Waals surface area contributed by atoms with Crippen LogP contribution < -0.4 is 0 Å². The zero-order valence-corrected chi connectivity index (χ0v) is 15.3. The fraction of sp³-hybridized carbons (Fsp3) is 0. The summed E-state index contributed by atoms with van der Waals surface area (Å²) in [5.41, 5.74) is 3.96. The fourth-order valence-electron chi connectivity index (χ4n) is 2.30. The minimum Gasteiger partial charge on any atom is -0.289 e. The normalized spacial score (nSPS) is 10.4. The Morgan fingerprint density at radius 2 is 1.33 bits per heavy atom. The van der Waals surface area contributed by atoms with Crippen molar-refractivity contribution in [2.24, 2.45) is 0 Å². The molecule has 0 spiro atoms.